The molecule has 1 aliphatic rings. The normalized spacial score (nSPS) is 19.3. The molecule has 0 aliphatic carbocycles. The quantitative estimate of drug-likeness (QED) is 0.771. The van der Waals surface area contributed by atoms with Crippen LogP contribution in [0.1, 0.15) is 18.0 Å². The first-order valence-electron chi connectivity index (χ1n) is 6.78. The fraction of sp³-hybridized carbons (Fsp3) is 0.467. The molecule has 1 aliphatic heterocycles. The van der Waals surface area contributed by atoms with Gasteiger partial charge in [0.05, 0.1) is 18.4 Å². The van der Waals surface area contributed by atoms with Crippen LogP contribution < -0.4 is 0 Å². The average Bonchev–Trinajstić information content (AvgIpc) is 2.88. The molecular formula is C15H17N3O3. The van der Waals surface area contributed by atoms with Gasteiger partial charge in [0.15, 0.2) is 5.78 Å². The van der Waals surface area contributed by atoms with Gasteiger partial charge in [0.1, 0.15) is 5.92 Å². The predicted molar refractivity (Wildman–Crippen MR) is 74.2 cm³/mol. The lowest BCUT2D eigenvalue weighted by molar-refractivity contribution is -0.129. The molecule has 110 valence electrons. The van der Waals surface area contributed by atoms with E-state index in [1.807, 2.05) is 6.07 Å². The van der Waals surface area contributed by atoms with Crippen LogP contribution in [0.2, 0.25) is 0 Å². The zero-order valence-electron chi connectivity index (χ0n) is 11.9. The summed E-state index contributed by atoms with van der Waals surface area (Å²) in [7, 11) is 1.57. The number of ketones is 1. The van der Waals surface area contributed by atoms with Gasteiger partial charge in [-0.1, -0.05) is 6.07 Å². The Morgan fingerprint density at radius 3 is 3.05 bits per heavy atom. The van der Waals surface area contributed by atoms with Crippen molar-refractivity contribution in [2.75, 3.05) is 26.8 Å². The van der Waals surface area contributed by atoms with Crippen LogP contribution in [-0.4, -0.2) is 48.4 Å². The Balaban J connectivity index is 2.06. The monoisotopic (exact) mass is 287 g/mol. The average molecular weight is 287 g/mol. The second-order valence-corrected chi connectivity index (χ2v) is 4.95. The number of ether oxygens (including phenoxy) is 1. The van der Waals surface area contributed by atoms with E-state index in [2.05, 4.69) is 4.98 Å². The van der Waals surface area contributed by atoms with Crippen molar-refractivity contribution in [2.45, 2.75) is 12.3 Å². The third-order valence-electron chi connectivity index (χ3n) is 3.58. The fourth-order valence-electron chi connectivity index (χ4n) is 2.44. The summed E-state index contributed by atoms with van der Waals surface area (Å²) in [6, 6.07) is 7.13. The molecule has 0 bridgehead atoms. The van der Waals surface area contributed by atoms with Crippen molar-refractivity contribution in [1.29, 1.82) is 5.26 Å². The van der Waals surface area contributed by atoms with E-state index >= 15 is 0 Å². The third-order valence-corrected chi connectivity index (χ3v) is 3.58. The van der Waals surface area contributed by atoms with Gasteiger partial charge in [-0.05, 0) is 12.1 Å². The molecule has 0 radical (unpaired) electrons. The van der Waals surface area contributed by atoms with Gasteiger partial charge in [0, 0.05) is 38.7 Å². The molecule has 0 aromatic carbocycles. The Hall–Kier alpha value is -2.26. The predicted octanol–water partition coefficient (Wildman–Crippen LogP) is 0.753. The number of Topliss-reactive ketones (excluding diaryl/α,β-unsaturated/α-hetero) is 1. The minimum absolute atomic E-state index is 0.0666. The smallest absolute Gasteiger partial charge is 0.223 e. The summed E-state index contributed by atoms with van der Waals surface area (Å²) in [6.07, 6.45) is 1.71. The van der Waals surface area contributed by atoms with Gasteiger partial charge in [0.2, 0.25) is 5.91 Å². The Labute approximate surface area is 123 Å². The van der Waals surface area contributed by atoms with Gasteiger partial charge in [0.25, 0.3) is 0 Å². The largest absolute Gasteiger partial charge is 0.383 e. The highest BCUT2D eigenvalue weighted by atomic mass is 16.5. The van der Waals surface area contributed by atoms with Crippen molar-refractivity contribution in [2.24, 2.45) is 5.92 Å². The highest BCUT2D eigenvalue weighted by Crippen LogP contribution is 2.25. The number of likely N-dealkylation sites (tertiary alicyclic amines) is 1. The van der Waals surface area contributed by atoms with Crippen molar-refractivity contribution < 1.29 is 14.3 Å². The number of nitrogens with zero attached hydrogens (tertiary/aromatic N) is 3. The first kappa shape index (κ1) is 15.1. The Kier molecular flexibility index (Phi) is 5.01. The molecule has 0 N–H and O–H groups in total. The van der Waals surface area contributed by atoms with Crippen molar-refractivity contribution >= 4 is 11.7 Å². The first-order valence-corrected chi connectivity index (χ1v) is 6.78. The minimum Gasteiger partial charge on any atom is -0.383 e. The summed E-state index contributed by atoms with van der Waals surface area (Å²) in [4.78, 5) is 30.0. The summed E-state index contributed by atoms with van der Waals surface area (Å²) in [5.74, 6) is -1.65. The Morgan fingerprint density at radius 1 is 1.62 bits per heavy atom. The second kappa shape index (κ2) is 6.95. The molecule has 1 aromatic rings. The standard InChI is InChI=1S/C15H17N3O3/c1-21-7-6-18-10-11(8-14(18)19)15(20)12(9-16)13-4-2-3-5-17-13/h2-5,11-12H,6-8,10H2,1H3/t11-,12-/m1/s1. The number of pyridine rings is 1. The summed E-state index contributed by atoms with van der Waals surface area (Å²) in [5.41, 5.74) is 0.438. The topological polar surface area (TPSA) is 83.3 Å². The van der Waals surface area contributed by atoms with E-state index in [4.69, 9.17) is 4.74 Å². The zero-order chi connectivity index (χ0) is 15.2. The Morgan fingerprint density at radius 2 is 2.43 bits per heavy atom. The minimum atomic E-state index is -0.911. The molecule has 0 spiro atoms. The van der Waals surface area contributed by atoms with Crippen molar-refractivity contribution in [1.82, 2.24) is 9.88 Å². The molecule has 6 nitrogen and oxygen atoms in total. The van der Waals surface area contributed by atoms with E-state index in [1.54, 1.807) is 36.4 Å². The maximum atomic E-state index is 12.5. The first-order chi connectivity index (χ1) is 10.2. The second-order valence-electron chi connectivity index (χ2n) is 4.95. The third kappa shape index (κ3) is 3.44. The molecule has 0 unspecified atom stereocenters. The maximum Gasteiger partial charge on any atom is 0.223 e. The zero-order valence-corrected chi connectivity index (χ0v) is 11.9. The van der Waals surface area contributed by atoms with Gasteiger partial charge in [-0.25, -0.2) is 0 Å². The Bertz CT molecular complexity index is 553. The highest BCUT2D eigenvalue weighted by molar-refractivity contribution is 5.95. The number of aromatic nitrogens is 1. The van der Waals surface area contributed by atoms with Gasteiger partial charge >= 0.3 is 0 Å². The van der Waals surface area contributed by atoms with Crippen LogP contribution in [0.25, 0.3) is 0 Å². The van der Waals surface area contributed by atoms with Gasteiger partial charge < -0.3 is 9.64 Å². The van der Waals surface area contributed by atoms with Crippen LogP contribution in [-0.2, 0) is 14.3 Å². The number of amides is 1. The van der Waals surface area contributed by atoms with Crippen molar-refractivity contribution in [3.8, 4) is 6.07 Å². The number of carbonyl (C=O) groups is 2. The van der Waals surface area contributed by atoms with E-state index in [9.17, 15) is 14.9 Å². The van der Waals surface area contributed by atoms with Crippen molar-refractivity contribution in [3.63, 3.8) is 0 Å². The molecule has 2 rings (SSSR count). The SMILES string of the molecule is COCCN1C[C@H](C(=O)[C@H](C#N)c2ccccn2)CC1=O. The lowest BCUT2D eigenvalue weighted by atomic mass is 9.90. The van der Waals surface area contributed by atoms with Crippen molar-refractivity contribution in [3.05, 3.63) is 30.1 Å². The summed E-state index contributed by atoms with van der Waals surface area (Å²) in [6.45, 7) is 1.26. The number of hydrogen-bond donors (Lipinski definition) is 0. The molecule has 1 saturated heterocycles. The molecule has 21 heavy (non-hydrogen) atoms. The molecule has 1 amide bonds. The van der Waals surface area contributed by atoms with Gasteiger partial charge in [-0.2, -0.15) is 5.26 Å². The number of methoxy groups -OCH3 is 1. The van der Waals surface area contributed by atoms with Crippen LogP contribution in [0.3, 0.4) is 0 Å². The van der Waals surface area contributed by atoms with Crippen LogP contribution in [0, 0.1) is 17.2 Å². The lowest BCUT2D eigenvalue weighted by Crippen LogP contribution is -2.30. The summed E-state index contributed by atoms with van der Waals surface area (Å²) in [5, 5.41) is 9.25. The van der Waals surface area contributed by atoms with Gasteiger partial charge in [-0.15, -0.1) is 0 Å². The molecule has 1 fully saturated rings. The molecule has 6 heteroatoms. The molecule has 2 atom stereocenters. The summed E-state index contributed by atoms with van der Waals surface area (Å²) < 4.78 is 4.94. The molecule has 2 heterocycles. The lowest BCUT2D eigenvalue weighted by Gasteiger charge is -2.16. The fourth-order valence-corrected chi connectivity index (χ4v) is 2.44. The van der Waals surface area contributed by atoms with Crippen LogP contribution in [0.4, 0.5) is 0 Å². The number of hydrogen-bond acceptors (Lipinski definition) is 5. The molecule has 1 aromatic heterocycles. The number of carbonyl (C=O) groups excluding carboxylic acids is 2. The summed E-state index contributed by atoms with van der Waals surface area (Å²) >= 11 is 0. The number of nitriles is 1. The van der Waals surface area contributed by atoms with E-state index in [-0.39, 0.29) is 18.1 Å². The molecular weight excluding hydrogens is 270 g/mol. The van der Waals surface area contributed by atoms with E-state index in [1.165, 1.54) is 0 Å². The number of rotatable bonds is 6. The van der Waals surface area contributed by atoms with Crippen LogP contribution in [0.5, 0.6) is 0 Å². The maximum absolute atomic E-state index is 12.5. The molecule has 0 saturated carbocycles. The van der Waals surface area contributed by atoms with E-state index in [0.717, 1.165) is 0 Å². The van der Waals surface area contributed by atoms with Crippen LogP contribution >= 0.6 is 0 Å². The van der Waals surface area contributed by atoms with Crippen LogP contribution in [0.15, 0.2) is 24.4 Å². The highest BCUT2D eigenvalue weighted by Gasteiger charge is 2.38. The van der Waals surface area contributed by atoms with Gasteiger partial charge in [-0.3, -0.25) is 14.6 Å². The van der Waals surface area contributed by atoms with E-state index < -0.39 is 11.8 Å². The van der Waals surface area contributed by atoms with E-state index in [0.29, 0.717) is 25.4 Å².